The van der Waals surface area contributed by atoms with Crippen LogP contribution in [0, 0.1) is 5.92 Å². The van der Waals surface area contributed by atoms with Crippen molar-refractivity contribution < 1.29 is 19.0 Å². The van der Waals surface area contributed by atoms with Crippen LogP contribution in [0.15, 0.2) is 0 Å². The number of carbonyl (C=O) groups excluding carboxylic acids is 1. The molecule has 2 amide bonds. The first-order chi connectivity index (χ1) is 13.1. The van der Waals surface area contributed by atoms with Gasteiger partial charge in [-0.3, -0.25) is 4.72 Å². The maximum atomic E-state index is 11.3. The molecule has 0 saturated carbocycles. The van der Waals surface area contributed by atoms with Crippen LogP contribution in [0.2, 0.25) is 0 Å². The Labute approximate surface area is 172 Å². The number of rotatable bonds is 18. The number of thiol groups is 1. The van der Waals surface area contributed by atoms with Gasteiger partial charge in [0.25, 0.3) is 5.97 Å². The third kappa shape index (κ3) is 11.8. The van der Waals surface area contributed by atoms with Crippen molar-refractivity contribution in [3.05, 3.63) is 0 Å². The Kier molecular flexibility index (Phi) is 17.3. The first-order valence-corrected chi connectivity index (χ1v) is 11.1. The van der Waals surface area contributed by atoms with Gasteiger partial charge in [-0.2, -0.15) is 0 Å². The van der Waals surface area contributed by atoms with E-state index < -0.39 is 5.97 Å². The van der Waals surface area contributed by atoms with Gasteiger partial charge in [0.05, 0.1) is 0 Å². The summed E-state index contributed by atoms with van der Waals surface area (Å²) in [5, 5.41) is 2.78. The molecule has 0 aliphatic heterocycles. The predicted molar refractivity (Wildman–Crippen MR) is 114 cm³/mol. The first kappa shape index (κ1) is 26.5. The highest BCUT2D eigenvalue weighted by Gasteiger charge is 2.41. The van der Waals surface area contributed by atoms with E-state index in [4.69, 9.17) is 14.2 Å². The molecule has 0 saturated heterocycles. The molecule has 0 heterocycles. The number of carbonyl (C=O) groups is 1. The lowest BCUT2D eigenvalue weighted by Crippen LogP contribution is -2.47. The van der Waals surface area contributed by atoms with Crippen molar-refractivity contribution in [3.63, 3.8) is 0 Å². The molecule has 0 aromatic heterocycles. The Hall–Kier alpha value is -0.500. The predicted octanol–water partition coefficient (Wildman–Crippen LogP) is 5.04. The fraction of sp³-hybridized carbons (Fsp3) is 0.950. The Balaban J connectivity index is 4.83. The van der Waals surface area contributed by atoms with Gasteiger partial charge in [-0.1, -0.05) is 58.3 Å². The number of hydrogen-bond acceptors (Lipinski definition) is 5. The summed E-state index contributed by atoms with van der Waals surface area (Å²) in [5.74, 6) is -0.864. The first-order valence-electron chi connectivity index (χ1n) is 10.7. The van der Waals surface area contributed by atoms with Gasteiger partial charge in [-0.25, -0.2) is 4.79 Å². The number of hydrogen-bond donors (Lipinski definition) is 3. The second-order valence-corrected chi connectivity index (χ2v) is 6.89. The number of urea groups is 1. The molecule has 1 unspecified atom stereocenters. The summed E-state index contributed by atoms with van der Waals surface area (Å²) in [4.78, 5) is 11.3. The largest absolute Gasteiger partial charge is 0.337 e. The van der Waals surface area contributed by atoms with Crippen molar-refractivity contribution in [2.75, 3.05) is 26.4 Å². The van der Waals surface area contributed by atoms with Gasteiger partial charge in [-0.15, -0.1) is 0 Å². The molecular weight excluding hydrogens is 364 g/mol. The minimum Gasteiger partial charge on any atom is -0.337 e. The molecule has 0 radical (unpaired) electrons. The fourth-order valence-electron chi connectivity index (χ4n) is 3.34. The minimum absolute atomic E-state index is 0.129. The van der Waals surface area contributed by atoms with E-state index >= 15 is 0 Å². The third-order valence-electron chi connectivity index (χ3n) is 4.56. The van der Waals surface area contributed by atoms with Crippen molar-refractivity contribution >= 4 is 18.8 Å². The second-order valence-electron chi connectivity index (χ2n) is 6.67. The van der Waals surface area contributed by atoms with Crippen LogP contribution in [-0.2, 0) is 14.2 Å². The maximum Gasteiger partial charge on any atom is 0.324 e. The van der Waals surface area contributed by atoms with Crippen molar-refractivity contribution in [1.82, 2.24) is 10.0 Å². The molecular formula is C20H42N2O4S. The Bertz CT molecular complexity index is 342. The summed E-state index contributed by atoms with van der Waals surface area (Å²) in [7, 11) is 0. The van der Waals surface area contributed by atoms with Crippen LogP contribution in [0.3, 0.4) is 0 Å². The molecule has 0 bridgehead atoms. The zero-order valence-electron chi connectivity index (χ0n) is 17.8. The summed E-state index contributed by atoms with van der Waals surface area (Å²) in [6.07, 6.45) is 10.2. The van der Waals surface area contributed by atoms with Gasteiger partial charge in [0.2, 0.25) is 0 Å². The maximum absolute atomic E-state index is 11.3. The summed E-state index contributed by atoms with van der Waals surface area (Å²) < 4.78 is 20.3. The van der Waals surface area contributed by atoms with Crippen LogP contribution >= 0.6 is 12.8 Å². The minimum atomic E-state index is -0.993. The molecule has 0 aliphatic carbocycles. The highest BCUT2D eigenvalue weighted by molar-refractivity contribution is 7.78. The quantitative estimate of drug-likeness (QED) is 0.169. The fourth-order valence-corrected chi connectivity index (χ4v) is 3.42. The van der Waals surface area contributed by atoms with Crippen molar-refractivity contribution in [1.29, 1.82) is 0 Å². The molecule has 27 heavy (non-hydrogen) atoms. The van der Waals surface area contributed by atoms with Gasteiger partial charge in [0, 0.05) is 32.3 Å². The van der Waals surface area contributed by atoms with Crippen molar-refractivity contribution in [2.45, 2.75) is 91.5 Å². The van der Waals surface area contributed by atoms with E-state index in [0.29, 0.717) is 26.4 Å². The average molecular weight is 407 g/mol. The molecule has 0 aromatic rings. The van der Waals surface area contributed by atoms with Crippen molar-refractivity contribution in [3.8, 4) is 0 Å². The smallest absolute Gasteiger partial charge is 0.324 e. The Morgan fingerprint density at radius 2 is 1.37 bits per heavy atom. The monoisotopic (exact) mass is 406 g/mol. The molecule has 0 fully saturated rings. The summed E-state index contributed by atoms with van der Waals surface area (Å²) in [5.41, 5.74) is 0. The van der Waals surface area contributed by atoms with Crippen LogP contribution in [0.4, 0.5) is 4.79 Å². The molecule has 1 atom stereocenters. The van der Waals surface area contributed by atoms with Crippen LogP contribution in [-0.4, -0.2) is 38.4 Å². The molecule has 7 heteroatoms. The van der Waals surface area contributed by atoms with E-state index in [-0.39, 0.29) is 11.9 Å². The average Bonchev–Trinajstić information content (AvgIpc) is 2.66. The topological polar surface area (TPSA) is 68.8 Å². The normalized spacial score (nSPS) is 12.8. The lowest BCUT2D eigenvalue weighted by Gasteiger charge is -2.39. The van der Waals surface area contributed by atoms with E-state index in [1.807, 2.05) is 20.8 Å². The van der Waals surface area contributed by atoms with Gasteiger partial charge in [0.1, 0.15) is 0 Å². The SMILES string of the molecule is CCCCCCCCC(CCCNC(=O)NS)C(OCC)(OCC)OCC. The molecule has 0 spiro atoms. The van der Waals surface area contributed by atoms with E-state index in [9.17, 15) is 4.79 Å². The summed E-state index contributed by atoms with van der Waals surface area (Å²) in [6.45, 7) is 10.3. The number of unbranched alkanes of at least 4 members (excludes halogenated alkanes) is 5. The molecule has 0 aliphatic rings. The molecule has 0 rings (SSSR count). The van der Waals surface area contributed by atoms with Crippen LogP contribution in [0.5, 0.6) is 0 Å². The summed E-state index contributed by atoms with van der Waals surface area (Å²) >= 11 is 3.75. The van der Waals surface area contributed by atoms with Gasteiger partial charge < -0.3 is 19.5 Å². The van der Waals surface area contributed by atoms with E-state index in [1.165, 1.54) is 32.1 Å². The second kappa shape index (κ2) is 17.6. The Morgan fingerprint density at radius 3 is 1.89 bits per heavy atom. The molecule has 2 N–H and O–H groups in total. The highest BCUT2D eigenvalue weighted by atomic mass is 32.1. The highest BCUT2D eigenvalue weighted by Crippen LogP contribution is 2.34. The summed E-state index contributed by atoms with van der Waals surface area (Å²) in [6, 6.07) is -0.281. The van der Waals surface area contributed by atoms with Crippen molar-refractivity contribution in [2.24, 2.45) is 5.92 Å². The lowest BCUT2D eigenvalue weighted by atomic mass is 9.92. The van der Waals surface area contributed by atoms with Crippen LogP contribution in [0.25, 0.3) is 0 Å². The standard InChI is InChI=1S/C20H42N2O4S/c1-5-9-10-11-12-13-15-18(16-14-17-21-19(23)22-27)20(24-6-2,25-7-3)26-8-4/h18,27H,5-17H2,1-4H3,(H2,21,22,23). The van der Waals surface area contributed by atoms with E-state index in [0.717, 1.165) is 25.7 Å². The lowest BCUT2D eigenvalue weighted by molar-refractivity contribution is -0.403. The van der Waals surface area contributed by atoms with Gasteiger partial charge >= 0.3 is 6.03 Å². The number of amides is 2. The molecule has 162 valence electrons. The zero-order chi connectivity index (χ0) is 20.4. The zero-order valence-corrected chi connectivity index (χ0v) is 18.7. The third-order valence-corrected chi connectivity index (χ3v) is 4.76. The molecule has 0 aromatic carbocycles. The number of ether oxygens (including phenoxy) is 3. The number of nitrogens with one attached hydrogen (secondary N) is 2. The van der Waals surface area contributed by atoms with Crippen LogP contribution in [0.1, 0.15) is 85.5 Å². The van der Waals surface area contributed by atoms with Gasteiger partial charge in [-0.05, 0) is 40.0 Å². The van der Waals surface area contributed by atoms with Gasteiger partial charge in [0.15, 0.2) is 0 Å². The molecule has 6 nitrogen and oxygen atoms in total. The van der Waals surface area contributed by atoms with E-state index in [2.05, 4.69) is 29.8 Å². The van der Waals surface area contributed by atoms with Crippen LogP contribution < -0.4 is 10.0 Å². The van der Waals surface area contributed by atoms with E-state index in [1.54, 1.807) is 0 Å². The Morgan fingerprint density at radius 1 is 0.852 bits per heavy atom.